The first-order valence-corrected chi connectivity index (χ1v) is 6.67. The molecule has 1 heterocycles. The molecule has 0 amide bonds. The summed E-state index contributed by atoms with van der Waals surface area (Å²) in [7, 11) is 4.17. The zero-order valence-corrected chi connectivity index (χ0v) is 12.7. The van der Waals surface area contributed by atoms with E-state index in [0.29, 0.717) is 6.10 Å². The lowest BCUT2D eigenvalue weighted by Crippen LogP contribution is -2.50. The molecule has 1 unspecified atom stereocenters. The molecule has 3 heteroatoms. The summed E-state index contributed by atoms with van der Waals surface area (Å²) in [6, 6.07) is 0. The Balaban J connectivity index is 2.48. The topological polar surface area (TPSA) is 15.7 Å². The Morgan fingerprint density at radius 1 is 1.29 bits per heavy atom. The number of ether oxygens (including phenoxy) is 1. The second kappa shape index (κ2) is 5.25. The van der Waals surface area contributed by atoms with Crippen molar-refractivity contribution in [3.63, 3.8) is 0 Å². The molecule has 1 atom stereocenters. The molecule has 0 bridgehead atoms. The van der Waals surface area contributed by atoms with Crippen molar-refractivity contribution >= 4 is 0 Å². The van der Waals surface area contributed by atoms with Crippen molar-refractivity contribution in [2.24, 2.45) is 0 Å². The molecule has 1 aliphatic rings. The van der Waals surface area contributed by atoms with Gasteiger partial charge in [0.1, 0.15) is 0 Å². The minimum Gasteiger partial charge on any atom is -0.375 e. The first-order chi connectivity index (χ1) is 7.63. The van der Waals surface area contributed by atoms with Crippen LogP contribution >= 0.6 is 0 Å². The van der Waals surface area contributed by atoms with Gasteiger partial charge in [0.2, 0.25) is 0 Å². The van der Waals surface area contributed by atoms with E-state index in [1.807, 2.05) is 0 Å². The zero-order chi connectivity index (χ0) is 13.3. The van der Waals surface area contributed by atoms with Gasteiger partial charge in [-0.15, -0.1) is 0 Å². The molecule has 17 heavy (non-hydrogen) atoms. The molecule has 0 aromatic rings. The molecule has 0 aliphatic carbocycles. The van der Waals surface area contributed by atoms with E-state index < -0.39 is 0 Å². The summed E-state index contributed by atoms with van der Waals surface area (Å²) < 4.78 is 5.99. The normalized spacial score (nSPS) is 25.8. The van der Waals surface area contributed by atoms with Gasteiger partial charge in [0.15, 0.2) is 0 Å². The first kappa shape index (κ1) is 14.9. The van der Waals surface area contributed by atoms with Crippen LogP contribution < -0.4 is 0 Å². The quantitative estimate of drug-likeness (QED) is 0.752. The van der Waals surface area contributed by atoms with Crippen molar-refractivity contribution in [3.05, 3.63) is 0 Å². The van der Waals surface area contributed by atoms with Crippen LogP contribution in [0.1, 0.15) is 41.0 Å². The summed E-state index contributed by atoms with van der Waals surface area (Å²) >= 11 is 0. The molecule has 0 spiro atoms. The van der Waals surface area contributed by atoms with Crippen molar-refractivity contribution in [1.82, 2.24) is 9.80 Å². The van der Waals surface area contributed by atoms with Crippen LogP contribution in [0.2, 0.25) is 0 Å². The van der Waals surface area contributed by atoms with Crippen LogP contribution in [0, 0.1) is 0 Å². The molecule has 0 radical (unpaired) electrons. The Kier molecular flexibility index (Phi) is 4.61. The monoisotopic (exact) mass is 242 g/mol. The maximum absolute atomic E-state index is 5.99. The Morgan fingerprint density at radius 2 is 1.88 bits per heavy atom. The third-order valence-electron chi connectivity index (χ3n) is 3.55. The molecular formula is C14H30N2O. The van der Waals surface area contributed by atoms with Gasteiger partial charge in [0, 0.05) is 24.2 Å². The van der Waals surface area contributed by atoms with E-state index in [0.717, 1.165) is 26.1 Å². The van der Waals surface area contributed by atoms with E-state index in [1.165, 1.54) is 0 Å². The van der Waals surface area contributed by atoms with Crippen LogP contribution in [0.15, 0.2) is 0 Å². The van der Waals surface area contributed by atoms with E-state index in [2.05, 4.69) is 58.5 Å². The van der Waals surface area contributed by atoms with Gasteiger partial charge in [-0.05, 0) is 55.1 Å². The average molecular weight is 242 g/mol. The van der Waals surface area contributed by atoms with E-state index in [9.17, 15) is 0 Å². The molecule has 0 N–H and O–H groups in total. The van der Waals surface area contributed by atoms with Gasteiger partial charge in [0.05, 0.1) is 12.7 Å². The fourth-order valence-corrected chi connectivity index (χ4v) is 2.88. The highest BCUT2D eigenvalue weighted by Crippen LogP contribution is 2.35. The summed E-state index contributed by atoms with van der Waals surface area (Å²) in [5.41, 5.74) is 0.476. The Labute approximate surface area is 107 Å². The molecule has 0 saturated carbocycles. The van der Waals surface area contributed by atoms with E-state index in [1.54, 1.807) is 0 Å². The fraction of sp³-hybridized carbons (Fsp3) is 1.00. The standard InChI is InChI=1S/C14H30N2O/c1-13(2,3)16-11-12(10-14(16,4)5)17-9-8-15(6)7/h12H,8-11H2,1-7H3. The van der Waals surface area contributed by atoms with Crippen LogP contribution in [0.25, 0.3) is 0 Å². The fourth-order valence-electron chi connectivity index (χ4n) is 2.88. The van der Waals surface area contributed by atoms with Crippen LogP contribution in [0.4, 0.5) is 0 Å². The number of hydrogen-bond acceptors (Lipinski definition) is 3. The molecule has 102 valence electrons. The Hall–Kier alpha value is -0.120. The number of hydrogen-bond donors (Lipinski definition) is 0. The van der Waals surface area contributed by atoms with Crippen LogP contribution in [-0.4, -0.2) is 60.8 Å². The second-order valence-electron chi connectivity index (χ2n) is 7.09. The van der Waals surface area contributed by atoms with Crippen LogP contribution in [-0.2, 0) is 4.74 Å². The summed E-state index contributed by atoms with van der Waals surface area (Å²) in [6.45, 7) is 14.4. The molecule has 1 rings (SSSR count). The largest absolute Gasteiger partial charge is 0.375 e. The number of nitrogens with zero attached hydrogens (tertiary/aromatic N) is 2. The van der Waals surface area contributed by atoms with Gasteiger partial charge in [-0.1, -0.05) is 0 Å². The lowest BCUT2D eigenvalue weighted by Gasteiger charge is -2.41. The van der Waals surface area contributed by atoms with Gasteiger partial charge < -0.3 is 9.64 Å². The highest BCUT2D eigenvalue weighted by molar-refractivity contribution is 4.99. The molecule has 1 fully saturated rings. The molecule has 1 aliphatic heterocycles. The minimum atomic E-state index is 0.225. The van der Waals surface area contributed by atoms with E-state index in [-0.39, 0.29) is 11.1 Å². The average Bonchev–Trinajstić information content (AvgIpc) is 2.39. The van der Waals surface area contributed by atoms with Crippen molar-refractivity contribution < 1.29 is 4.74 Å². The molecule has 1 saturated heterocycles. The summed E-state index contributed by atoms with van der Waals surface area (Å²) in [5.74, 6) is 0. The number of likely N-dealkylation sites (tertiary alicyclic amines) is 1. The van der Waals surface area contributed by atoms with Crippen LogP contribution in [0.5, 0.6) is 0 Å². The van der Waals surface area contributed by atoms with E-state index >= 15 is 0 Å². The van der Waals surface area contributed by atoms with Gasteiger partial charge in [0.25, 0.3) is 0 Å². The minimum absolute atomic E-state index is 0.225. The number of rotatable bonds is 4. The predicted molar refractivity (Wildman–Crippen MR) is 73.4 cm³/mol. The highest BCUT2D eigenvalue weighted by atomic mass is 16.5. The van der Waals surface area contributed by atoms with Crippen molar-refractivity contribution in [3.8, 4) is 0 Å². The molecular weight excluding hydrogens is 212 g/mol. The maximum Gasteiger partial charge on any atom is 0.0720 e. The third kappa shape index (κ3) is 4.23. The van der Waals surface area contributed by atoms with Gasteiger partial charge >= 0.3 is 0 Å². The maximum atomic E-state index is 5.99. The Bertz CT molecular complexity index is 243. The van der Waals surface area contributed by atoms with Gasteiger partial charge in [-0.2, -0.15) is 0 Å². The van der Waals surface area contributed by atoms with Crippen molar-refractivity contribution in [2.75, 3.05) is 33.8 Å². The summed E-state index contributed by atoms with van der Waals surface area (Å²) in [4.78, 5) is 4.74. The van der Waals surface area contributed by atoms with Crippen LogP contribution in [0.3, 0.4) is 0 Å². The molecule has 0 aromatic heterocycles. The first-order valence-electron chi connectivity index (χ1n) is 6.67. The highest BCUT2D eigenvalue weighted by Gasteiger charge is 2.43. The zero-order valence-electron chi connectivity index (χ0n) is 12.7. The second-order valence-corrected chi connectivity index (χ2v) is 7.09. The van der Waals surface area contributed by atoms with Gasteiger partial charge in [-0.25, -0.2) is 0 Å². The van der Waals surface area contributed by atoms with E-state index in [4.69, 9.17) is 4.74 Å². The van der Waals surface area contributed by atoms with Crippen molar-refractivity contribution in [2.45, 2.75) is 58.2 Å². The third-order valence-corrected chi connectivity index (χ3v) is 3.55. The summed E-state index contributed by atoms with van der Waals surface area (Å²) in [6.07, 6.45) is 1.53. The lowest BCUT2D eigenvalue weighted by atomic mass is 9.96. The smallest absolute Gasteiger partial charge is 0.0720 e. The Morgan fingerprint density at radius 3 is 2.29 bits per heavy atom. The number of likely N-dealkylation sites (N-methyl/N-ethyl adjacent to an activating group) is 1. The van der Waals surface area contributed by atoms with Crippen molar-refractivity contribution in [1.29, 1.82) is 0 Å². The molecule has 0 aromatic carbocycles. The summed E-state index contributed by atoms with van der Waals surface area (Å²) in [5, 5.41) is 0. The van der Waals surface area contributed by atoms with Gasteiger partial charge in [-0.3, -0.25) is 4.90 Å². The predicted octanol–water partition coefficient (Wildman–Crippen LogP) is 2.22. The lowest BCUT2D eigenvalue weighted by molar-refractivity contribution is 0.0362. The SMILES string of the molecule is CN(C)CCOC1CN(C(C)(C)C)C(C)(C)C1. The molecule has 3 nitrogen and oxygen atoms in total.